The number of anilines is 1. The van der Waals surface area contributed by atoms with Crippen molar-refractivity contribution in [3.63, 3.8) is 0 Å². The van der Waals surface area contributed by atoms with Gasteiger partial charge in [0.15, 0.2) is 6.20 Å². The Morgan fingerprint density at radius 2 is 1.75 bits per heavy atom. The Balaban J connectivity index is 1.60. The highest BCUT2D eigenvalue weighted by Gasteiger charge is 2.38. The van der Waals surface area contributed by atoms with E-state index < -0.39 is 5.97 Å². The maximum atomic E-state index is 14.0. The van der Waals surface area contributed by atoms with Gasteiger partial charge in [0, 0.05) is 34.2 Å². The highest BCUT2D eigenvalue weighted by Crippen LogP contribution is 2.43. The number of pyridine rings is 1. The average Bonchev–Trinajstić information content (AvgIpc) is 3.28. The van der Waals surface area contributed by atoms with Crippen molar-refractivity contribution in [2.24, 2.45) is 11.8 Å². The van der Waals surface area contributed by atoms with Gasteiger partial charge in [-0.15, -0.1) is 11.3 Å². The van der Waals surface area contributed by atoms with Crippen molar-refractivity contribution >= 4 is 40.7 Å². The summed E-state index contributed by atoms with van der Waals surface area (Å²) in [6.07, 6.45) is 8.73. The SMILES string of the molecule is CC1CCC(C(=O)N(c2cc(C(C)(C)C)sc2C(=O)O)C2CCC(Sc3cccc[n+]3[O-])CC2)CC1. The highest BCUT2D eigenvalue weighted by molar-refractivity contribution is 7.99. The van der Waals surface area contributed by atoms with E-state index in [1.54, 1.807) is 17.8 Å². The van der Waals surface area contributed by atoms with Crippen molar-refractivity contribution in [1.29, 1.82) is 0 Å². The predicted octanol–water partition coefficient (Wildman–Crippen LogP) is 6.64. The minimum absolute atomic E-state index is 0.0237. The maximum Gasteiger partial charge on any atom is 0.348 e. The Morgan fingerprint density at radius 1 is 1.08 bits per heavy atom. The van der Waals surface area contributed by atoms with Gasteiger partial charge in [-0.05, 0) is 74.8 Å². The largest absolute Gasteiger partial charge is 0.618 e. The van der Waals surface area contributed by atoms with Gasteiger partial charge in [-0.1, -0.05) is 39.5 Å². The van der Waals surface area contributed by atoms with Gasteiger partial charge in [-0.2, -0.15) is 4.73 Å². The fraction of sp³-hybridized carbons (Fsp3) is 0.607. The van der Waals surface area contributed by atoms with Gasteiger partial charge in [0.2, 0.25) is 5.91 Å². The van der Waals surface area contributed by atoms with E-state index in [9.17, 15) is 19.9 Å². The third-order valence-electron chi connectivity index (χ3n) is 7.59. The van der Waals surface area contributed by atoms with Crippen LogP contribution in [0.3, 0.4) is 0 Å². The van der Waals surface area contributed by atoms with Crippen LogP contribution in [0.1, 0.15) is 93.6 Å². The number of nitrogens with zero attached hydrogens (tertiary/aromatic N) is 2. The van der Waals surface area contributed by atoms with E-state index in [1.807, 2.05) is 23.1 Å². The lowest BCUT2D eigenvalue weighted by Gasteiger charge is -2.39. The summed E-state index contributed by atoms with van der Waals surface area (Å²) in [6, 6.07) is 7.40. The number of aromatic nitrogens is 1. The minimum Gasteiger partial charge on any atom is -0.618 e. The molecule has 2 aromatic rings. The van der Waals surface area contributed by atoms with Gasteiger partial charge < -0.3 is 15.2 Å². The number of hydrogen-bond donors (Lipinski definition) is 1. The Bertz CT molecular complexity index is 1080. The van der Waals surface area contributed by atoms with Gasteiger partial charge in [-0.25, -0.2) is 4.79 Å². The van der Waals surface area contributed by atoms with E-state index in [2.05, 4.69) is 27.7 Å². The van der Waals surface area contributed by atoms with Gasteiger partial charge >= 0.3 is 5.97 Å². The molecule has 8 heteroatoms. The summed E-state index contributed by atoms with van der Waals surface area (Å²) in [5.74, 6) is -0.273. The van der Waals surface area contributed by atoms with E-state index in [0.717, 1.165) is 61.0 Å². The molecule has 0 aromatic carbocycles. The minimum atomic E-state index is -0.964. The normalized spacial score (nSPS) is 24.9. The molecule has 0 saturated heterocycles. The van der Waals surface area contributed by atoms with Crippen molar-refractivity contribution in [2.75, 3.05) is 4.90 Å². The number of carboxylic acids is 1. The predicted molar refractivity (Wildman–Crippen MR) is 146 cm³/mol. The molecule has 0 spiro atoms. The van der Waals surface area contributed by atoms with Crippen LogP contribution < -0.4 is 9.63 Å². The lowest BCUT2D eigenvalue weighted by molar-refractivity contribution is -0.645. The lowest BCUT2D eigenvalue weighted by Crippen LogP contribution is -2.47. The molecule has 2 aliphatic rings. The van der Waals surface area contributed by atoms with E-state index in [1.165, 1.54) is 17.5 Å². The molecule has 1 N–H and O–H groups in total. The first-order valence-electron chi connectivity index (χ1n) is 13.1. The Kier molecular flexibility index (Phi) is 8.35. The molecule has 2 saturated carbocycles. The molecule has 36 heavy (non-hydrogen) atoms. The first kappa shape index (κ1) is 27.0. The van der Waals surface area contributed by atoms with Crippen LogP contribution in [0.4, 0.5) is 5.69 Å². The van der Waals surface area contributed by atoms with Crippen molar-refractivity contribution in [2.45, 2.75) is 101 Å². The molecule has 0 bridgehead atoms. The van der Waals surface area contributed by atoms with Crippen LogP contribution in [-0.2, 0) is 10.2 Å². The molecular formula is C28H38N2O4S2. The second-order valence-electron chi connectivity index (χ2n) is 11.5. The van der Waals surface area contributed by atoms with Crippen LogP contribution in [0.15, 0.2) is 35.5 Å². The number of rotatable bonds is 6. The Hall–Kier alpha value is -2.06. The van der Waals surface area contributed by atoms with Crippen LogP contribution in [0.5, 0.6) is 0 Å². The van der Waals surface area contributed by atoms with Crippen LogP contribution in [0, 0.1) is 17.0 Å². The van der Waals surface area contributed by atoms with Crippen LogP contribution in [0.2, 0.25) is 0 Å². The number of amides is 1. The lowest BCUT2D eigenvalue weighted by atomic mass is 9.81. The Morgan fingerprint density at radius 3 is 2.33 bits per heavy atom. The van der Waals surface area contributed by atoms with Crippen LogP contribution in [0.25, 0.3) is 0 Å². The molecule has 2 aliphatic carbocycles. The molecule has 0 unspecified atom stereocenters. The van der Waals surface area contributed by atoms with E-state index in [-0.39, 0.29) is 28.2 Å². The Labute approximate surface area is 222 Å². The van der Waals surface area contributed by atoms with Crippen molar-refractivity contribution in [1.82, 2.24) is 0 Å². The number of thioether (sulfide) groups is 1. The molecule has 2 aromatic heterocycles. The zero-order valence-corrected chi connectivity index (χ0v) is 23.4. The molecular weight excluding hydrogens is 492 g/mol. The molecule has 0 radical (unpaired) electrons. The first-order valence-corrected chi connectivity index (χ1v) is 14.8. The monoisotopic (exact) mass is 530 g/mol. The van der Waals surface area contributed by atoms with Crippen molar-refractivity contribution < 1.29 is 19.4 Å². The van der Waals surface area contributed by atoms with Gasteiger partial charge in [-0.3, -0.25) is 4.79 Å². The third kappa shape index (κ3) is 6.08. The van der Waals surface area contributed by atoms with E-state index in [4.69, 9.17) is 0 Å². The van der Waals surface area contributed by atoms with E-state index >= 15 is 0 Å². The summed E-state index contributed by atoms with van der Waals surface area (Å²) in [7, 11) is 0. The molecule has 4 rings (SSSR count). The number of carboxylic acid groups (broad SMARTS) is 1. The summed E-state index contributed by atoms with van der Waals surface area (Å²) in [5.41, 5.74) is 0.386. The first-order chi connectivity index (χ1) is 17.0. The smallest absolute Gasteiger partial charge is 0.348 e. The standard InChI is InChI=1S/C28H38N2O4S2/c1-18-8-10-19(11-9-18)26(31)30(22-17-23(28(2,3)4)36-25(22)27(32)33)20-12-14-21(15-13-20)35-24-7-5-6-16-29(24)34/h5-7,16-21H,8-15H2,1-4H3,(H,32,33). The molecule has 0 atom stereocenters. The average molecular weight is 531 g/mol. The quantitative estimate of drug-likeness (QED) is 0.334. The molecule has 2 heterocycles. The fourth-order valence-electron chi connectivity index (χ4n) is 5.38. The zero-order valence-electron chi connectivity index (χ0n) is 21.7. The highest BCUT2D eigenvalue weighted by atomic mass is 32.2. The summed E-state index contributed by atoms with van der Waals surface area (Å²) in [5, 5.41) is 23.2. The second-order valence-corrected chi connectivity index (χ2v) is 13.8. The molecule has 196 valence electrons. The topological polar surface area (TPSA) is 84.5 Å². The summed E-state index contributed by atoms with van der Waals surface area (Å²) in [6.45, 7) is 8.48. The maximum absolute atomic E-state index is 14.0. The summed E-state index contributed by atoms with van der Waals surface area (Å²) < 4.78 is 0.912. The van der Waals surface area contributed by atoms with E-state index in [0.29, 0.717) is 21.9 Å². The number of aromatic carboxylic acids is 1. The van der Waals surface area contributed by atoms with Gasteiger partial charge in [0.05, 0.1) is 5.69 Å². The fourth-order valence-corrected chi connectivity index (χ4v) is 7.60. The summed E-state index contributed by atoms with van der Waals surface area (Å²) >= 11 is 2.91. The number of thiophene rings is 1. The van der Waals surface area contributed by atoms with Crippen LogP contribution in [-0.4, -0.2) is 28.3 Å². The molecule has 1 amide bonds. The van der Waals surface area contributed by atoms with Crippen LogP contribution >= 0.6 is 23.1 Å². The van der Waals surface area contributed by atoms with Crippen molar-refractivity contribution in [3.05, 3.63) is 45.4 Å². The number of hydrogen-bond acceptors (Lipinski definition) is 5. The molecule has 2 fully saturated rings. The number of carbonyl (C=O) groups is 2. The third-order valence-corrected chi connectivity index (χ3v) is 10.5. The van der Waals surface area contributed by atoms with Crippen molar-refractivity contribution in [3.8, 4) is 0 Å². The van der Waals surface area contributed by atoms with Gasteiger partial charge in [0.1, 0.15) is 4.88 Å². The number of carbonyl (C=O) groups excluding carboxylic acids is 1. The zero-order chi connectivity index (χ0) is 26.0. The molecule has 0 aliphatic heterocycles. The summed E-state index contributed by atoms with van der Waals surface area (Å²) in [4.78, 5) is 29.5. The van der Waals surface area contributed by atoms with Gasteiger partial charge in [0.25, 0.3) is 5.03 Å². The molecule has 6 nitrogen and oxygen atoms in total. The second kappa shape index (κ2) is 11.1.